The van der Waals surface area contributed by atoms with Crippen molar-refractivity contribution in [1.29, 1.82) is 0 Å². The highest BCUT2D eigenvalue weighted by atomic mass is 16.2. The van der Waals surface area contributed by atoms with E-state index in [1.165, 1.54) is 0 Å². The molecule has 2 heterocycles. The van der Waals surface area contributed by atoms with Gasteiger partial charge in [-0.15, -0.1) is 0 Å². The van der Waals surface area contributed by atoms with Gasteiger partial charge in [-0.1, -0.05) is 11.8 Å². The Labute approximate surface area is 94.5 Å². The van der Waals surface area contributed by atoms with E-state index < -0.39 is 0 Å². The first kappa shape index (κ1) is 10.7. The van der Waals surface area contributed by atoms with Crippen molar-refractivity contribution in [3.05, 3.63) is 23.9 Å². The highest BCUT2D eigenvalue weighted by Crippen LogP contribution is 2.19. The van der Waals surface area contributed by atoms with Crippen LogP contribution in [0.2, 0.25) is 0 Å². The van der Waals surface area contributed by atoms with Crippen molar-refractivity contribution in [1.82, 2.24) is 4.98 Å². The van der Waals surface area contributed by atoms with Crippen LogP contribution in [0.4, 0.5) is 5.82 Å². The van der Waals surface area contributed by atoms with Crippen molar-refractivity contribution in [3.63, 3.8) is 0 Å². The monoisotopic (exact) mass is 215 g/mol. The summed E-state index contributed by atoms with van der Waals surface area (Å²) in [6, 6.07) is 3.64. The van der Waals surface area contributed by atoms with Crippen molar-refractivity contribution in [2.45, 2.75) is 12.8 Å². The fraction of sp³-hybridized carbons (Fsp3) is 0.333. The van der Waals surface area contributed by atoms with Crippen molar-refractivity contribution >= 4 is 11.7 Å². The second-order valence-electron chi connectivity index (χ2n) is 3.56. The van der Waals surface area contributed by atoms with Gasteiger partial charge in [0.15, 0.2) is 0 Å². The lowest BCUT2D eigenvalue weighted by atomic mass is 10.2. The third kappa shape index (κ3) is 2.20. The maximum atomic E-state index is 11.5. The smallest absolute Gasteiger partial charge is 0.228 e. The van der Waals surface area contributed by atoms with Gasteiger partial charge in [-0.25, -0.2) is 4.98 Å². The van der Waals surface area contributed by atoms with E-state index in [2.05, 4.69) is 16.8 Å². The van der Waals surface area contributed by atoms with E-state index in [0.29, 0.717) is 18.8 Å². The highest BCUT2D eigenvalue weighted by Gasteiger charge is 2.22. The molecule has 4 nitrogen and oxygen atoms in total. The second-order valence-corrected chi connectivity index (χ2v) is 3.56. The van der Waals surface area contributed by atoms with Crippen molar-refractivity contribution < 1.29 is 4.79 Å². The Balaban J connectivity index is 2.25. The number of aromatic nitrogens is 1. The lowest BCUT2D eigenvalue weighted by molar-refractivity contribution is -0.117. The first-order valence-corrected chi connectivity index (χ1v) is 5.26. The molecule has 0 aliphatic carbocycles. The maximum absolute atomic E-state index is 11.5. The Morgan fingerprint density at radius 1 is 1.56 bits per heavy atom. The van der Waals surface area contributed by atoms with Crippen LogP contribution >= 0.6 is 0 Å². The van der Waals surface area contributed by atoms with Crippen LogP contribution in [0.15, 0.2) is 18.3 Å². The number of carbonyl (C=O) groups excluding carboxylic acids is 1. The minimum absolute atomic E-state index is 0.136. The molecule has 16 heavy (non-hydrogen) atoms. The second kappa shape index (κ2) is 4.77. The van der Waals surface area contributed by atoms with Gasteiger partial charge in [0.05, 0.1) is 6.54 Å². The molecule has 2 rings (SSSR count). The molecule has 1 fully saturated rings. The quantitative estimate of drug-likeness (QED) is 0.695. The summed E-state index contributed by atoms with van der Waals surface area (Å²) < 4.78 is 0. The fourth-order valence-corrected chi connectivity index (χ4v) is 1.69. The van der Waals surface area contributed by atoms with Gasteiger partial charge in [0.25, 0.3) is 0 Å². The number of pyridine rings is 1. The Morgan fingerprint density at radius 3 is 3.12 bits per heavy atom. The zero-order valence-corrected chi connectivity index (χ0v) is 8.94. The van der Waals surface area contributed by atoms with E-state index in [0.717, 1.165) is 18.5 Å². The number of nitrogens with zero attached hydrogens (tertiary/aromatic N) is 2. The van der Waals surface area contributed by atoms with Crippen molar-refractivity contribution in [3.8, 4) is 11.8 Å². The van der Waals surface area contributed by atoms with E-state index in [4.69, 9.17) is 5.73 Å². The molecule has 1 amide bonds. The predicted octanol–water partition coefficient (Wildman–Crippen LogP) is 0.519. The number of rotatable bonds is 1. The summed E-state index contributed by atoms with van der Waals surface area (Å²) >= 11 is 0. The summed E-state index contributed by atoms with van der Waals surface area (Å²) in [7, 11) is 0. The van der Waals surface area contributed by atoms with Gasteiger partial charge in [-0.3, -0.25) is 9.69 Å². The van der Waals surface area contributed by atoms with E-state index in [9.17, 15) is 4.79 Å². The van der Waals surface area contributed by atoms with E-state index in [-0.39, 0.29) is 5.91 Å². The van der Waals surface area contributed by atoms with Crippen LogP contribution in [0.3, 0.4) is 0 Å². The summed E-state index contributed by atoms with van der Waals surface area (Å²) in [5, 5.41) is 0. The summed E-state index contributed by atoms with van der Waals surface area (Å²) in [5.74, 6) is 6.53. The molecule has 0 atom stereocenters. The van der Waals surface area contributed by atoms with Gasteiger partial charge >= 0.3 is 0 Å². The fourth-order valence-electron chi connectivity index (χ4n) is 1.69. The van der Waals surface area contributed by atoms with E-state index in [1.807, 2.05) is 12.1 Å². The molecule has 0 bridgehead atoms. The Kier molecular flexibility index (Phi) is 3.18. The number of nitrogens with two attached hydrogens (primary N) is 1. The number of amides is 1. The Hall–Kier alpha value is -1.86. The first-order chi connectivity index (χ1) is 7.81. The number of carbonyl (C=O) groups is 1. The van der Waals surface area contributed by atoms with Crippen LogP contribution in [0.1, 0.15) is 18.4 Å². The van der Waals surface area contributed by atoms with Crippen LogP contribution < -0.4 is 10.6 Å². The van der Waals surface area contributed by atoms with Gasteiger partial charge in [0.2, 0.25) is 5.91 Å². The average Bonchev–Trinajstić information content (AvgIpc) is 2.73. The Morgan fingerprint density at radius 2 is 2.44 bits per heavy atom. The normalized spacial score (nSPS) is 14.8. The average molecular weight is 215 g/mol. The number of hydrogen-bond donors (Lipinski definition) is 1. The SMILES string of the molecule is NCC#Cc1ccnc(N2CCCC2=O)c1. The van der Waals surface area contributed by atoms with E-state index >= 15 is 0 Å². The van der Waals surface area contributed by atoms with Gasteiger partial charge in [-0.05, 0) is 18.6 Å². The van der Waals surface area contributed by atoms with Crippen LogP contribution in [-0.4, -0.2) is 24.0 Å². The standard InChI is InChI=1S/C12H13N3O/c13-6-1-3-10-5-7-14-11(9-10)15-8-2-4-12(15)16/h5,7,9H,2,4,6,8,13H2. The van der Waals surface area contributed by atoms with Gasteiger partial charge in [0, 0.05) is 24.7 Å². The van der Waals surface area contributed by atoms with Crippen LogP contribution in [-0.2, 0) is 4.79 Å². The molecular formula is C12H13N3O. The summed E-state index contributed by atoms with van der Waals surface area (Å²) in [6.45, 7) is 1.08. The molecule has 0 radical (unpaired) electrons. The van der Waals surface area contributed by atoms with Crippen molar-refractivity contribution in [2.24, 2.45) is 5.73 Å². The molecule has 4 heteroatoms. The zero-order chi connectivity index (χ0) is 11.4. The molecule has 0 unspecified atom stereocenters. The minimum Gasteiger partial charge on any atom is -0.320 e. The molecule has 82 valence electrons. The maximum Gasteiger partial charge on any atom is 0.228 e. The molecule has 2 N–H and O–H groups in total. The van der Waals surface area contributed by atoms with Gasteiger partial charge in [0.1, 0.15) is 5.82 Å². The predicted molar refractivity (Wildman–Crippen MR) is 61.8 cm³/mol. The first-order valence-electron chi connectivity index (χ1n) is 5.26. The summed E-state index contributed by atoms with van der Waals surface area (Å²) in [6.07, 6.45) is 3.18. The lowest BCUT2D eigenvalue weighted by Crippen LogP contribution is -2.24. The Bertz CT molecular complexity index is 459. The van der Waals surface area contributed by atoms with Crippen LogP contribution in [0, 0.1) is 11.8 Å². The summed E-state index contributed by atoms with van der Waals surface area (Å²) in [5.41, 5.74) is 6.15. The largest absolute Gasteiger partial charge is 0.320 e. The lowest BCUT2D eigenvalue weighted by Gasteiger charge is -2.13. The molecule has 1 aliphatic heterocycles. The molecule has 1 saturated heterocycles. The van der Waals surface area contributed by atoms with Gasteiger partial charge in [-0.2, -0.15) is 0 Å². The molecule has 1 aromatic rings. The molecule has 1 aliphatic rings. The molecule has 0 saturated carbocycles. The van der Waals surface area contributed by atoms with Gasteiger partial charge < -0.3 is 5.73 Å². The summed E-state index contributed by atoms with van der Waals surface area (Å²) in [4.78, 5) is 17.4. The minimum atomic E-state index is 0.136. The molecule has 0 aromatic carbocycles. The third-order valence-corrected chi connectivity index (χ3v) is 2.43. The number of anilines is 1. The van der Waals surface area contributed by atoms with Crippen LogP contribution in [0.25, 0.3) is 0 Å². The zero-order valence-electron chi connectivity index (χ0n) is 8.94. The molecular weight excluding hydrogens is 202 g/mol. The topological polar surface area (TPSA) is 59.2 Å². The number of hydrogen-bond acceptors (Lipinski definition) is 3. The molecule has 0 spiro atoms. The third-order valence-electron chi connectivity index (χ3n) is 2.43. The highest BCUT2D eigenvalue weighted by molar-refractivity contribution is 5.94. The molecule has 1 aromatic heterocycles. The van der Waals surface area contributed by atoms with E-state index in [1.54, 1.807) is 11.1 Å². The van der Waals surface area contributed by atoms with Crippen molar-refractivity contribution in [2.75, 3.05) is 18.0 Å². The van der Waals surface area contributed by atoms with Crippen LogP contribution in [0.5, 0.6) is 0 Å².